The number of rotatable bonds is 3. The lowest BCUT2D eigenvalue weighted by atomic mass is 10.1. The first-order valence-electron chi connectivity index (χ1n) is 4.89. The lowest BCUT2D eigenvalue weighted by Gasteiger charge is -2.26. The van der Waals surface area contributed by atoms with Crippen LogP contribution in [0.1, 0.15) is 33.1 Å². The van der Waals surface area contributed by atoms with Gasteiger partial charge in [0.25, 0.3) is 0 Å². The number of hydrogen-bond donors (Lipinski definition) is 0. The topological polar surface area (TPSA) is 26.3 Å². The van der Waals surface area contributed by atoms with Gasteiger partial charge in [-0.15, -0.1) is 0 Å². The highest BCUT2D eigenvalue weighted by Gasteiger charge is 2.26. The Morgan fingerprint density at radius 3 is 2.92 bits per heavy atom. The summed E-state index contributed by atoms with van der Waals surface area (Å²) in [4.78, 5) is 0. The van der Waals surface area contributed by atoms with Crippen LogP contribution in [0, 0.1) is 0 Å². The second-order valence-electron chi connectivity index (χ2n) is 3.43. The lowest BCUT2D eigenvalue weighted by Crippen LogP contribution is -2.33. The van der Waals surface area contributed by atoms with Gasteiger partial charge in [0.2, 0.25) is 0 Å². The zero-order valence-corrected chi connectivity index (χ0v) is 9.18. The Hall–Kier alpha value is -0.310. The van der Waals surface area contributed by atoms with E-state index in [2.05, 4.69) is 0 Å². The first kappa shape index (κ1) is 10.8. The molecule has 1 rings (SSSR count). The average molecular weight is 202 g/mol. The molecule has 0 aromatic rings. The van der Waals surface area contributed by atoms with Gasteiger partial charge in [0.15, 0.2) is 0 Å². The number of allylic oxidation sites excluding steroid dienone is 1. The van der Waals surface area contributed by atoms with E-state index < -0.39 is 10.8 Å². The quantitative estimate of drug-likeness (QED) is 0.656. The van der Waals surface area contributed by atoms with E-state index >= 15 is 0 Å². The molecule has 3 heteroatoms. The van der Waals surface area contributed by atoms with Crippen molar-refractivity contribution in [3.8, 4) is 0 Å². The highest BCUT2D eigenvalue weighted by molar-refractivity contribution is 7.85. The van der Waals surface area contributed by atoms with E-state index in [4.69, 9.17) is 4.74 Å². The molecule has 1 aliphatic heterocycles. The van der Waals surface area contributed by atoms with E-state index in [-0.39, 0.29) is 11.4 Å². The van der Waals surface area contributed by atoms with Crippen LogP contribution in [0.25, 0.3) is 0 Å². The second-order valence-corrected chi connectivity index (χ2v) is 5.20. The molecular formula is C10H18O2S. The highest BCUT2D eigenvalue weighted by atomic mass is 32.2. The van der Waals surface area contributed by atoms with Crippen LogP contribution in [0.3, 0.4) is 0 Å². The van der Waals surface area contributed by atoms with E-state index in [1.165, 1.54) is 6.42 Å². The van der Waals surface area contributed by atoms with Crippen LogP contribution in [-0.2, 0) is 15.5 Å². The van der Waals surface area contributed by atoms with Gasteiger partial charge in [0.05, 0.1) is 11.5 Å². The number of hydrogen-bond acceptors (Lipinski definition) is 2. The molecule has 0 N–H and O–H groups in total. The van der Waals surface area contributed by atoms with Gasteiger partial charge < -0.3 is 4.74 Å². The summed E-state index contributed by atoms with van der Waals surface area (Å²) in [5, 5.41) is 0.241. The van der Waals surface area contributed by atoms with E-state index in [0.717, 1.165) is 18.6 Å². The van der Waals surface area contributed by atoms with Crippen molar-refractivity contribution in [2.45, 2.75) is 44.5 Å². The monoisotopic (exact) mass is 202 g/mol. The predicted octanol–water partition coefficient (Wildman–Crippen LogP) is 2.23. The molecule has 1 heterocycles. The van der Waals surface area contributed by atoms with Crippen molar-refractivity contribution in [3.05, 3.63) is 12.3 Å². The Labute approximate surface area is 82.8 Å². The molecule has 0 amide bonds. The summed E-state index contributed by atoms with van der Waals surface area (Å²) in [6.45, 7) is 3.93. The molecule has 0 aliphatic carbocycles. The van der Waals surface area contributed by atoms with Gasteiger partial charge in [0, 0.05) is 16.6 Å². The van der Waals surface area contributed by atoms with Gasteiger partial charge in [-0.1, -0.05) is 12.5 Å². The van der Waals surface area contributed by atoms with Crippen LogP contribution in [0.4, 0.5) is 0 Å². The zero-order chi connectivity index (χ0) is 9.68. The van der Waals surface area contributed by atoms with Crippen LogP contribution in [0.5, 0.6) is 0 Å². The Morgan fingerprint density at radius 2 is 2.31 bits per heavy atom. The third-order valence-electron chi connectivity index (χ3n) is 2.37. The van der Waals surface area contributed by atoms with E-state index in [1.54, 1.807) is 6.26 Å². The highest BCUT2D eigenvalue weighted by Crippen LogP contribution is 2.20. The fourth-order valence-corrected chi connectivity index (χ4v) is 3.32. The van der Waals surface area contributed by atoms with E-state index in [9.17, 15) is 4.21 Å². The summed E-state index contributed by atoms with van der Waals surface area (Å²) in [5.41, 5.74) is 0. The Bertz CT molecular complexity index is 201. The molecule has 1 aliphatic rings. The van der Waals surface area contributed by atoms with Crippen molar-refractivity contribution in [1.82, 2.24) is 0 Å². The second kappa shape index (κ2) is 5.43. The van der Waals surface area contributed by atoms with E-state index in [1.807, 2.05) is 19.9 Å². The molecule has 13 heavy (non-hydrogen) atoms. The summed E-state index contributed by atoms with van der Waals surface area (Å²) in [6.07, 6.45) is 7.00. The molecule has 1 fully saturated rings. The van der Waals surface area contributed by atoms with Crippen molar-refractivity contribution < 1.29 is 8.95 Å². The number of ether oxygens (including phenoxy) is 1. The van der Waals surface area contributed by atoms with E-state index in [0.29, 0.717) is 0 Å². The Kier molecular flexibility index (Phi) is 4.50. The van der Waals surface area contributed by atoms with Gasteiger partial charge >= 0.3 is 0 Å². The molecule has 1 saturated heterocycles. The molecule has 3 atom stereocenters. The molecule has 2 nitrogen and oxygen atoms in total. The Balaban J connectivity index is 2.43. The van der Waals surface area contributed by atoms with Crippen molar-refractivity contribution >= 4 is 10.8 Å². The summed E-state index contributed by atoms with van der Waals surface area (Å²) in [7, 11) is -0.670. The maximum absolute atomic E-state index is 11.6. The summed E-state index contributed by atoms with van der Waals surface area (Å²) < 4.78 is 17.0. The minimum absolute atomic E-state index is 0.0948. The van der Waals surface area contributed by atoms with Gasteiger partial charge in [-0.2, -0.15) is 0 Å². The SMILES string of the molecule is C/C=C/OC(C)C1CCCCS1=O. The van der Waals surface area contributed by atoms with Crippen molar-refractivity contribution in [2.75, 3.05) is 5.75 Å². The van der Waals surface area contributed by atoms with Gasteiger partial charge in [-0.25, -0.2) is 0 Å². The Morgan fingerprint density at radius 1 is 1.54 bits per heavy atom. The molecule has 3 unspecified atom stereocenters. The summed E-state index contributed by atoms with van der Waals surface area (Å²) in [6, 6.07) is 0. The van der Waals surface area contributed by atoms with Crippen LogP contribution in [-0.4, -0.2) is 21.3 Å². The first-order valence-corrected chi connectivity index (χ1v) is 6.27. The summed E-state index contributed by atoms with van der Waals surface area (Å²) in [5.74, 6) is 0.855. The van der Waals surface area contributed by atoms with Crippen LogP contribution >= 0.6 is 0 Å². The summed E-state index contributed by atoms with van der Waals surface area (Å²) >= 11 is 0. The lowest BCUT2D eigenvalue weighted by molar-refractivity contribution is 0.152. The molecule has 0 spiro atoms. The molecule has 0 radical (unpaired) electrons. The zero-order valence-electron chi connectivity index (χ0n) is 8.36. The molecule has 76 valence electrons. The largest absolute Gasteiger partial charge is 0.497 e. The maximum atomic E-state index is 11.6. The fourth-order valence-electron chi connectivity index (χ4n) is 1.61. The smallest absolute Gasteiger partial charge is 0.109 e. The third kappa shape index (κ3) is 3.14. The van der Waals surface area contributed by atoms with Crippen molar-refractivity contribution in [2.24, 2.45) is 0 Å². The normalized spacial score (nSPS) is 31.8. The van der Waals surface area contributed by atoms with Crippen LogP contribution in [0.2, 0.25) is 0 Å². The van der Waals surface area contributed by atoms with Gasteiger partial charge in [0.1, 0.15) is 6.10 Å². The van der Waals surface area contributed by atoms with Crippen molar-refractivity contribution in [1.29, 1.82) is 0 Å². The van der Waals surface area contributed by atoms with Gasteiger partial charge in [-0.3, -0.25) is 4.21 Å². The third-order valence-corrected chi connectivity index (χ3v) is 4.36. The van der Waals surface area contributed by atoms with Crippen LogP contribution in [0.15, 0.2) is 12.3 Å². The maximum Gasteiger partial charge on any atom is 0.109 e. The van der Waals surface area contributed by atoms with Crippen molar-refractivity contribution in [3.63, 3.8) is 0 Å². The minimum Gasteiger partial charge on any atom is -0.497 e. The molecule has 0 bridgehead atoms. The minimum atomic E-state index is -0.670. The molecule has 0 aromatic carbocycles. The standard InChI is InChI=1S/C10H18O2S/c1-3-7-12-9(2)10-6-4-5-8-13(10)11/h3,7,9-10H,4-6,8H2,1-2H3/b7-3+. The molecular weight excluding hydrogens is 184 g/mol. The van der Waals surface area contributed by atoms with Crippen LogP contribution < -0.4 is 0 Å². The molecule has 0 saturated carbocycles. The average Bonchev–Trinajstić information content (AvgIpc) is 2.15. The van der Waals surface area contributed by atoms with Gasteiger partial charge in [-0.05, 0) is 26.7 Å². The fraction of sp³-hybridized carbons (Fsp3) is 0.800. The first-order chi connectivity index (χ1) is 6.25. The predicted molar refractivity (Wildman–Crippen MR) is 56.0 cm³/mol. The molecule has 0 aromatic heterocycles.